The van der Waals surface area contributed by atoms with Gasteiger partial charge in [0.1, 0.15) is 12.2 Å². The lowest BCUT2D eigenvalue weighted by Gasteiger charge is -2.08. The summed E-state index contributed by atoms with van der Waals surface area (Å²) in [5.74, 6) is 0.152. The van der Waals surface area contributed by atoms with E-state index in [0.717, 1.165) is 11.3 Å². The average Bonchev–Trinajstić information content (AvgIpc) is 2.89. The lowest BCUT2D eigenvalue weighted by atomic mass is 10.2. The molecule has 2 aromatic rings. The van der Waals surface area contributed by atoms with Gasteiger partial charge in [-0.1, -0.05) is 23.4 Å². The average molecular weight is 383 g/mol. The highest BCUT2D eigenvalue weighted by molar-refractivity contribution is 7.99. The molecule has 0 radical (unpaired) electrons. The summed E-state index contributed by atoms with van der Waals surface area (Å²) in [7, 11) is 1.75. The zero-order valence-electron chi connectivity index (χ0n) is 14.2. The molecule has 9 heteroatoms. The smallest absolute Gasteiger partial charge is 0.313 e. The van der Waals surface area contributed by atoms with Crippen molar-refractivity contribution in [3.05, 3.63) is 34.6 Å². The summed E-state index contributed by atoms with van der Waals surface area (Å²) >= 11 is 7.15. The van der Waals surface area contributed by atoms with Gasteiger partial charge in [0.05, 0.1) is 12.4 Å². The van der Waals surface area contributed by atoms with Crippen molar-refractivity contribution in [3.8, 4) is 0 Å². The second-order valence-corrected chi connectivity index (χ2v) is 6.61. The van der Waals surface area contributed by atoms with E-state index in [1.54, 1.807) is 36.7 Å². The Balaban J connectivity index is 1.91. The number of amides is 1. The molecule has 25 heavy (non-hydrogen) atoms. The molecule has 0 aliphatic heterocycles. The van der Waals surface area contributed by atoms with E-state index in [1.807, 2.05) is 6.92 Å². The van der Waals surface area contributed by atoms with Crippen LogP contribution in [0.5, 0.6) is 0 Å². The molecule has 0 atom stereocenters. The van der Waals surface area contributed by atoms with Crippen LogP contribution in [-0.2, 0) is 27.8 Å². The number of anilines is 1. The topological polar surface area (TPSA) is 86.1 Å². The van der Waals surface area contributed by atoms with E-state index in [2.05, 4.69) is 15.5 Å². The number of aryl methyl sites for hydroxylation is 1. The van der Waals surface area contributed by atoms with Crippen LogP contribution in [0.25, 0.3) is 0 Å². The number of benzene rings is 1. The first-order chi connectivity index (χ1) is 11.9. The summed E-state index contributed by atoms with van der Waals surface area (Å²) in [5, 5.41) is 12.0. The van der Waals surface area contributed by atoms with E-state index in [1.165, 1.54) is 11.8 Å². The maximum Gasteiger partial charge on any atom is 0.313 e. The summed E-state index contributed by atoms with van der Waals surface area (Å²) in [6, 6.07) is 5.27. The van der Waals surface area contributed by atoms with Crippen LogP contribution in [0.3, 0.4) is 0 Å². The molecule has 0 fully saturated rings. The van der Waals surface area contributed by atoms with Gasteiger partial charge in [-0.15, -0.1) is 10.2 Å². The molecule has 1 aromatic carbocycles. The van der Waals surface area contributed by atoms with Gasteiger partial charge >= 0.3 is 5.97 Å². The number of carbonyl (C=O) groups excluding carboxylic acids is 2. The van der Waals surface area contributed by atoms with Crippen molar-refractivity contribution < 1.29 is 14.3 Å². The first kappa shape index (κ1) is 19.3. The third-order valence-corrected chi connectivity index (χ3v) is 4.58. The summed E-state index contributed by atoms with van der Waals surface area (Å²) in [5.41, 5.74) is 1.61. The van der Waals surface area contributed by atoms with Crippen molar-refractivity contribution in [1.82, 2.24) is 14.8 Å². The molecule has 1 amide bonds. The van der Waals surface area contributed by atoms with Crippen molar-refractivity contribution in [3.63, 3.8) is 0 Å². The maximum atomic E-state index is 12.1. The van der Waals surface area contributed by atoms with Crippen LogP contribution >= 0.6 is 23.4 Å². The van der Waals surface area contributed by atoms with Crippen LogP contribution in [0.15, 0.2) is 23.4 Å². The minimum Gasteiger partial charge on any atom is -0.466 e. The van der Waals surface area contributed by atoms with E-state index < -0.39 is 0 Å². The van der Waals surface area contributed by atoms with Gasteiger partial charge in [0, 0.05) is 17.8 Å². The first-order valence-corrected chi connectivity index (χ1v) is 8.99. The van der Waals surface area contributed by atoms with Gasteiger partial charge < -0.3 is 14.6 Å². The summed E-state index contributed by atoms with van der Waals surface area (Å²) in [4.78, 5) is 23.6. The number of aromatic nitrogens is 3. The Morgan fingerprint density at radius 2 is 2.12 bits per heavy atom. The number of carbonyl (C=O) groups is 2. The van der Waals surface area contributed by atoms with Crippen LogP contribution in [0.2, 0.25) is 5.02 Å². The standard InChI is InChI=1S/C16H19ClN4O3S/c1-4-24-15(23)8-13-19-20-16(21(13)3)25-9-14(22)18-12-6-5-11(17)7-10(12)2/h5-7H,4,8-9H2,1-3H3,(H,18,22). The van der Waals surface area contributed by atoms with Crippen LogP contribution < -0.4 is 5.32 Å². The van der Waals surface area contributed by atoms with E-state index in [9.17, 15) is 9.59 Å². The SMILES string of the molecule is CCOC(=O)Cc1nnc(SCC(=O)Nc2ccc(Cl)cc2C)n1C. The fourth-order valence-corrected chi connectivity index (χ4v) is 3.01. The minimum atomic E-state index is -0.356. The quantitative estimate of drug-likeness (QED) is 0.585. The molecular formula is C16H19ClN4O3S. The Morgan fingerprint density at radius 3 is 2.80 bits per heavy atom. The van der Waals surface area contributed by atoms with E-state index in [-0.39, 0.29) is 24.1 Å². The van der Waals surface area contributed by atoms with Crippen molar-refractivity contribution in [2.45, 2.75) is 25.4 Å². The van der Waals surface area contributed by atoms with Gasteiger partial charge in [-0.05, 0) is 37.6 Å². The molecule has 1 N–H and O–H groups in total. The zero-order valence-corrected chi connectivity index (χ0v) is 15.8. The fourth-order valence-electron chi connectivity index (χ4n) is 2.05. The predicted octanol–water partition coefficient (Wildman–Crippen LogP) is 2.61. The van der Waals surface area contributed by atoms with E-state index in [0.29, 0.717) is 22.6 Å². The van der Waals surface area contributed by atoms with Gasteiger partial charge in [0.2, 0.25) is 5.91 Å². The lowest BCUT2D eigenvalue weighted by molar-refractivity contribution is -0.142. The highest BCUT2D eigenvalue weighted by Gasteiger charge is 2.15. The molecule has 0 saturated carbocycles. The number of hydrogen-bond acceptors (Lipinski definition) is 6. The molecule has 0 aliphatic rings. The largest absolute Gasteiger partial charge is 0.466 e. The van der Waals surface area contributed by atoms with Gasteiger partial charge in [-0.25, -0.2) is 0 Å². The normalized spacial score (nSPS) is 10.6. The lowest BCUT2D eigenvalue weighted by Crippen LogP contribution is -2.15. The molecule has 0 unspecified atom stereocenters. The van der Waals surface area contributed by atoms with Gasteiger partial charge in [-0.3, -0.25) is 9.59 Å². The summed E-state index contributed by atoms with van der Waals surface area (Å²) in [6.07, 6.45) is 0.0497. The van der Waals surface area contributed by atoms with E-state index in [4.69, 9.17) is 16.3 Å². The fraction of sp³-hybridized carbons (Fsp3) is 0.375. The Hall–Kier alpha value is -2.06. The second kappa shape index (κ2) is 8.87. The molecule has 2 rings (SSSR count). The maximum absolute atomic E-state index is 12.1. The van der Waals surface area contributed by atoms with Crippen LogP contribution in [0.1, 0.15) is 18.3 Å². The molecule has 134 valence electrons. The van der Waals surface area contributed by atoms with Crippen LogP contribution in [0, 0.1) is 6.92 Å². The molecule has 1 heterocycles. The van der Waals surface area contributed by atoms with Crippen LogP contribution in [0.4, 0.5) is 5.69 Å². The summed E-state index contributed by atoms with van der Waals surface area (Å²) in [6.45, 7) is 3.94. The number of nitrogens with zero attached hydrogens (tertiary/aromatic N) is 3. The van der Waals surface area contributed by atoms with Crippen molar-refractivity contribution in [1.29, 1.82) is 0 Å². The molecule has 0 saturated heterocycles. The first-order valence-electron chi connectivity index (χ1n) is 7.63. The Morgan fingerprint density at radius 1 is 1.36 bits per heavy atom. The van der Waals surface area contributed by atoms with Crippen molar-refractivity contribution >= 4 is 40.9 Å². The summed E-state index contributed by atoms with van der Waals surface area (Å²) < 4.78 is 6.58. The number of esters is 1. The Labute approximate surface area is 155 Å². The number of rotatable bonds is 7. The number of thioether (sulfide) groups is 1. The van der Waals surface area contributed by atoms with Gasteiger partial charge in [0.15, 0.2) is 5.16 Å². The minimum absolute atomic E-state index is 0.0497. The highest BCUT2D eigenvalue weighted by Crippen LogP contribution is 2.21. The molecular weight excluding hydrogens is 364 g/mol. The van der Waals surface area contributed by atoms with Crippen LogP contribution in [-0.4, -0.2) is 39.0 Å². The monoisotopic (exact) mass is 382 g/mol. The van der Waals surface area contributed by atoms with E-state index >= 15 is 0 Å². The van der Waals surface area contributed by atoms with Crippen molar-refractivity contribution in [2.75, 3.05) is 17.7 Å². The van der Waals surface area contributed by atoms with Crippen molar-refractivity contribution in [2.24, 2.45) is 7.05 Å². The third kappa shape index (κ3) is 5.47. The number of nitrogens with one attached hydrogen (secondary N) is 1. The molecule has 0 spiro atoms. The predicted molar refractivity (Wildman–Crippen MR) is 96.9 cm³/mol. The Bertz CT molecular complexity index is 779. The Kier molecular flexibility index (Phi) is 6.83. The number of halogens is 1. The second-order valence-electron chi connectivity index (χ2n) is 5.24. The highest BCUT2D eigenvalue weighted by atomic mass is 35.5. The molecule has 1 aromatic heterocycles. The third-order valence-electron chi connectivity index (χ3n) is 3.33. The molecule has 0 bridgehead atoms. The van der Waals surface area contributed by atoms with Gasteiger partial charge in [0.25, 0.3) is 0 Å². The zero-order chi connectivity index (χ0) is 18.4. The van der Waals surface area contributed by atoms with Gasteiger partial charge in [-0.2, -0.15) is 0 Å². The molecule has 0 aliphatic carbocycles. The number of hydrogen-bond donors (Lipinski definition) is 1. The number of ether oxygens (including phenoxy) is 1. The molecule has 7 nitrogen and oxygen atoms in total.